The number of rotatable bonds is 4. The van der Waals surface area contributed by atoms with Gasteiger partial charge in [0.05, 0.1) is 12.5 Å². The zero-order chi connectivity index (χ0) is 14.8. The van der Waals surface area contributed by atoms with Gasteiger partial charge in [-0.2, -0.15) is 0 Å². The summed E-state index contributed by atoms with van der Waals surface area (Å²) in [5, 5.41) is 4.42. The molecule has 1 saturated heterocycles. The van der Waals surface area contributed by atoms with Crippen molar-refractivity contribution in [1.29, 1.82) is 0 Å². The molecule has 1 aromatic carbocycles. The number of carbonyl (C=O) groups is 1. The molecule has 1 N–H and O–H groups in total. The van der Waals surface area contributed by atoms with Crippen molar-refractivity contribution in [2.24, 2.45) is 0 Å². The summed E-state index contributed by atoms with van der Waals surface area (Å²) in [6.45, 7) is 7.83. The van der Waals surface area contributed by atoms with E-state index in [0.717, 1.165) is 48.5 Å². The lowest BCUT2D eigenvalue weighted by molar-refractivity contribution is -0.123. The van der Waals surface area contributed by atoms with E-state index in [1.165, 1.54) is 0 Å². The molecule has 0 spiro atoms. The third-order valence-corrected chi connectivity index (χ3v) is 4.44. The van der Waals surface area contributed by atoms with Crippen LogP contribution in [0.2, 0.25) is 0 Å². The minimum atomic E-state index is -0.0419. The maximum absolute atomic E-state index is 12.5. The first-order chi connectivity index (χ1) is 10.2. The number of ketones is 1. The second kappa shape index (κ2) is 6.00. The van der Waals surface area contributed by atoms with Crippen LogP contribution < -0.4 is 5.32 Å². The smallest absolute Gasteiger partial charge is 0.157 e. The third kappa shape index (κ3) is 2.87. The molecular weight excluding hydrogens is 264 g/mol. The minimum absolute atomic E-state index is 0.0419. The van der Waals surface area contributed by atoms with E-state index in [0.29, 0.717) is 6.42 Å². The molecular formula is C17H22N2O2. The molecule has 0 radical (unpaired) electrons. The van der Waals surface area contributed by atoms with Gasteiger partial charge in [0, 0.05) is 31.6 Å². The van der Waals surface area contributed by atoms with Crippen LogP contribution >= 0.6 is 0 Å². The first kappa shape index (κ1) is 14.3. The van der Waals surface area contributed by atoms with Gasteiger partial charge in [-0.15, -0.1) is 0 Å². The Morgan fingerprint density at radius 1 is 1.33 bits per heavy atom. The van der Waals surface area contributed by atoms with Crippen molar-refractivity contribution < 1.29 is 9.21 Å². The molecule has 0 amide bonds. The van der Waals surface area contributed by atoms with Crippen molar-refractivity contribution >= 4 is 16.8 Å². The van der Waals surface area contributed by atoms with Crippen molar-refractivity contribution in [3.63, 3.8) is 0 Å². The summed E-state index contributed by atoms with van der Waals surface area (Å²) in [5.41, 5.74) is 1.96. The van der Waals surface area contributed by atoms with E-state index in [1.54, 1.807) is 0 Å². The zero-order valence-electron chi connectivity index (χ0n) is 12.7. The molecule has 21 heavy (non-hydrogen) atoms. The van der Waals surface area contributed by atoms with Crippen molar-refractivity contribution in [2.75, 3.05) is 26.2 Å². The lowest BCUT2D eigenvalue weighted by Gasteiger charge is -2.31. The normalized spacial score (nSPS) is 18.0. The maximum atomic E-state index is 12.5. The Balaban J connectivity index is 1.75. The Labute approximate surface area is 125 Å². The molecule has 0 bridgehead atoms. The van der Waals surface area contributed by atoms with E-state index in [1.807, 2.05) is 38.1 Å². The number of carbonyl (C=O) groups excluding carboxylic acids is 1. The summed E-state index contributed by atoms with van der Waals surface area (Å²) >= 11 is 0. The van der Waals surface area contributed by atoms with Gasteiger partial charge in [0.25, 0.3) is 0 Å². The molecule has 0 aliphatic carbocycles. The number of benzene rings is 1. The largest absolute Gasteiger partial charge is 0.460 e. The number of furan rings is 1. The molecule has 1 atom stereocenters. The first-order valence-corrected chi connectivity index (χ1v) is 7.61. The molecule has 4 nitrogen and oxygen atoms in total. The van der Waals surface area contributed by atoms with Crippen LogP contribution in [-0.4, -0.2) is 42.9 Å². The summed E-state index contributed by atoms with van der Waals surface area (Å²) in [4.78, 5) is 14.8. The van der Waals surface area contributed by atoms with Crippen molar-refractivity contribution in [2.45, 2.75) is 26.3 Å². The monoisotopic (exact) mass is 286 g/mol. The number of Topliss-reactive ketones (excluding diaryl/α,β-unsaturated/α-hetero) is 1. The number of nitrogens with one attached hydrogen (secondary N) is 1. The molecule has 4 heteroatoms. The predicted octanol–water partition coefficient (Wildman–Crippen LogP) is 2.15. The van der Waals surface area contributed by atoms with E-state index >= 15 is 0 Å². The number of para-hydroxylation sites is 1. The zero-order valence-corrected chi connectivity index (χ0v) is 12.7. The highest BCUT2D eigenvalue weighted by molar-refractivity contribution is 5.88. The number of hydrogen-bond donors (Lipinski definition) is 1. The van der Waals surface area contributed by atoms with E-state index in [-0.39, 0.29) is 11.8 Å². The fraction of sp³-hybridized carbons (Fsp3) is 0.471. The van der Waals surface area contributed by atoms with Crippen molar-refractivity contribution in [1.82, 2.24) is 10.2 Å². The molecule has 3 rings (SSSR count). The predicted molar refractivity (Wildman–Crippen MR) is 83.6 cm³/mol. The number of fused-ring (bicyclic) bond motifs is 1. The minimum Gasteiger partial charge on any atom is -0.460 e. The fourth-order valence-corrected chi connectivity index (χ4v) is 2.97. The molecule has 2 aromatic rings. The molecule has 2 heterocycles. The van der Waals surface area contributed by atoms with Gasteiger partial charge in [-0.1, -0.05) is 18.2 Å². The fourth-order valence-electron chi connectivity index (χ4n) is 2.97. The Bertz CT molecular complexity index is 641. The van der Waals surface area contributed by atoms with Gasteiger partial charge >= 0.3 is 0 Å². The van der Waals surface area contributed by atoms with Crippen LogP contribution in [0, 0.1) is 6.92 Å². The Hall–Kier alpha value is -1.65. The molecule has 0 saturated carbocycles. The van der Waals surface area contributed by atoms with E-state index < -0.39 is 0 Å². The van der Waals surface area contributed by atoms with Gasteiger partial charge in [-0.05, 0) is 25.5 Å². The first-order valence-electron chi connectivity index (χ1n) is 7.61. The lowest BCUT2D eigenvalue weighted by Crippen LogP contribution is -2.50. The van der Waals surface area contributed by atoms with Crippen LogP contribution in [0.4, 0.5) is 0 Å². The van der Waals surface area contributed by atoms with Crippen LogP contribution in [0.3, 0.4) is 0 Å². The SMILES string of the molecule is Cc1c(CC(=O)C(C)N2CCNCC2)oc2ccccc12. The molecule has 1 aliphatic heterocycles. The van der Waals surface area contributed by atoms with E-state index in [4.69, 9.17) is 4.42 Å². The van der Waals surface area contributed by atoms with Crippen LogP contribution in [0.15, 0.2) is 28.7 Å². The molecule has 1 fully saturated rings. The molecule has 112 valence electrons. The Kier molecular flexibility index (Phi) is 4.08. The number of piperazine rings is 1. The lowest BCUT2D eigenvalue weighted by atomic mass is 10.0. The highest BCUT2D eigenvalue weighted by Crippen LogP contribution is 2.25. The summed E-state index contributed by atoms with van der Waals surface area (Å²) < 4.78 is 5.86. The highest BCUT2D eigenvalue weighted by atomic mass is 16.3. The average molecular weight is 286 g/mol. The van der Waals surface area contributed by atoms with E-state index in [9.17, 15) is 4.79 Å². The van der Waals surface area contributed by atoms with Crippen LogP contribution in [0.25, 0.3) is 11.0 Å². The van der Waals surface area contributed by atoms with Gasteiger partial charge in [0.1, 0.15) is 11.3 Å². The summed E-state index contributed by atoms with van der Waals surface area (Å²) in [6, 6.07) is 7.91. The van der Waals surface area contributed by atoms with Crippen molar-refractivity contribution in [3.05, 3.63) is 35.6 Å². The number of nitrogens with zero attached hydrogens (tertiary/aromatic N) is 1. The molecule has 1 aromatic heterocycles. The van der Waals surface area contributed by atoms with Gasteiger partial charge in [-0.25, -0.2) is 0 Å². The quantitative estimate of drug-likeness (QED) is 0.935. The van der Waals surface area contributed by atoms with Crippen molar-refractivity contribution in [3.8, 4) is 0 Å². The second-order valence-corrected chi connectivity index (χ2v) is 5.75. The van der Waals surface area contributed by atoms with E-state index in [2.05, 4.69) is 10.2 Å². The molecule has 1 aliphatic rings. The van der Waals surface area contributed by atoms with Crippen LogP contribution in [0.1, 0.15) is 18.2 Å². The summed E-state index contributed by atoms with van der Waals surface area (Å²) in [5.74, 6) is 1.04. The van der Waals surface area contributed by atoms with Crippen LogP contribution in [0.5, 0.6) is 0 Å². The Morgan fingerprint density at radius 3 is 2.76 bits per heavy atom. The number of hydrogen-bond acceptors (Lipinski definition) is 4. The van der Waals surface area contributed by atoms with Crippen LogP contribution in [-0.2, 0) is 11.2 Å². The van der Waals surface area contributed by atoms with Gasteiger partial charge in [0.2, 0.25) is 0 Å². The maximum Gasteiger partial charge on any atom is 0.157 e. The average Bonchev–Trinajstić information content (AvgIpc) is 2.84. The summed E-state index contributed by atoms with van der Waals surface area (Å²) in [6.07, 6.45) is 0.381. The van der Waals surface area contributed by atoms with Gasteiger partial charge in [0.15, 0.2) is 5.78 Å². The third-order valence-electron chi connectivity index (χ3n) is 4.44. The highest BCUT2D eigenvalue weighted by Gasteiger charge is 2.24. The molecule has 1 unspecified atom stereocenters. The van der Waals surface area contributed by atoms with Gasteiger partial charge < -0.3 is 9.73 Å². The summed E-state index contributed by atoms with van der Waals surface area (Å²) in [7, 11) is 0. The number of aryl methyl sites for hydroxylation is 1. The second-order valence-electron chi connectivity index (χ2n) is 5.75. The van der Waals surface area contributed by atoms with Gasteiger partial charge in [-0.3, -0.25) is 9.69 Å². The standard InChI is InChI=1S/C17H22N2O2/c1-12-14-5-3-4-6-16(14)21-17(12)11-15(20)13(2)19-9-7-18-8-10-19/h3-6,13,18H,7-11H2,1-2H3. The Morgan fingerprint density at radius 2 is 2.05 bits per heavy atom. The topological polar surface area (TPSA) is 45.5 Å².